The molecular weight excluding hydrogens is 296 g/mol. The van der Waals surface area contributed by atoms with Crippen LogP contribution < -0.4 is 4.90 Å². The molecule has 0 saturated heterocycles. The van der Waals surface area contributed by atoms with E-state index in [1.807, 2.05) is 32.2 Å². The van der Waals surface area contributed by atoms with Gasteiger partial charge in [0.2, 0.25) is 0 Å². The molecule has 5 heteroatoms. The number of nitrogens with zero attached hydrogens (tertiary/aromatic N) is 2. The maximum absolute atomic E-state index is 8.79. The molecule has 0 spiro atoms. The zero-order valence-electron chi connectivity index (χ0n) is 10.8. The third-order valence-electron chi connectivity index (χ3n) is 2.44. The summed E-state index contributed by atoms with van der Waals surface area (Å²) in [5.41, 5.74) is 1.85. The van der Waals surface area contributed by atoms with Crippen LogP contribution in [0.15, 0.2) is 27.7 Å². The lowest BCUT2D eigenvalue weighted by molar-refractivity contribution is 0.154. The van der Waals surface area contributed by atoms with Gasteiger partial charge in [0.15, 0.2) is 0 Å². The van der Waals surface area contributed by atoms with Gasteiger partial charge in [-0.05, 0) is 25.1 Å². The lowest BCUT2D eigenvalue weighted by Gasteiger charge is -2.21. The van der Waals surface area contributed by atoms with E-state index in [9.17, 15) is 0 Å². The summed E-state index contributed by atoms with van der Waals surface area (Å²) in [6, 6.07) is 5.86. The van der Waals surface area contributed by atoms with Crippen molar-refractivity contribution in [3.63, 3.8) is 0 Å². The first-order valence-electron chi connectivity index (χ1n) is 5.90. The second-order valence-electron chi connectivity index (χ2n) is 3.75. The van der Waals surface area contributed by atoms with E-state index in [-0.39, 0.29) is 6.61 Å². The molecule has 1 rings (SSSR count). The molecule has 18 heavy (non-hydrogen) atoms. The molecule has 0 radical (unpaired) electrons. The number of ether oxygens (including phenoxy) is 1. The Kier molecular flexibility index (Phi) is 6.93. The largest absolute Gasteiger partial charge is 0.391 e. The van der Waals surface area contributed by atoms with E-state index < -0.39 is 0 Å². The SMILES string of the molecule is CCOCCN(C)c1cc(Br)ccc1/N=C/CO. The van der Waals surface area contributed by atoms with Gasteiger partial charge >= 0.3 is 0 Å². The standard InChI is InChI=1S/C13H19BrN2O2/c1-3-18-9-7-16(2)13-10-11(14)4-5-12(13)15-6-8-17/h4-6,10,17H,3,7-9H2,1-2H3/b15-6+. The molecule has 0 bridgehead atoms. The minimum absolute atomic E-state index is 0.0574. The zero-order chi connectivity index (χ0) is 13.4. The number of likely N-dealkylation sites (N-methyl/N-ethyl adjacent to an activating group) is 1. The van der Waals surface area contributed by atoms with Crippen LogP contribution >= 0.6 is 15.9 Å². The van der Waals surface area contributed by atoms with Gasteiger partial charge in [-0.25, -0.2) is 0 Å². The number of halogens is 1. The summed E-state index contributed by atoms with van der Waals surface area (Å²) in [6.07, 6.45) is 1.49. The summed E-state index contributed by atoms with van der Waals surface area (Å²) >= 11 is 3.46. The normalized spacial score (nSPS) is 11.1. The molecular formula is C13H19BrN2O2. The summed E-state index contributed by atoms with van der Waals surface area (Å²) in [5.74, 6) is 0. The van der Waals surface area contributed by atoms with E-state index in [1.54, 1.807) is 0 Å². The van der Waals surface area contributed by atoms with E-state index in [0.29, 0.717) is 6.61 Å². The first kappa shape index (κ1) is 15.1. The summed E-state index contributed by atoms with van der Waals surface area (Å²) in [5, 5.41) is 8.79. The van der Waals surface area contributed by atoms with Crippen molar-refractivity contribution >= 4 is 33.5 Å². The Balaban J connectivity index is 2.83. The monoisotopic (exact) mass is 314 g/mol. The van der Waals surface area contributed by atoms with Crippen LogP contribution in [-0.2, 0) is 4.74 Å². The number of aliphatic hydroxyl groups is 1. The van der Waals surface area contributed by atoms with Crippen LogP contribution in [0.1, 0.15) is 6.92 Å². The van der Waals surface area contributed by atoms with Gasteiger partial charge in [0.05, 0.1) is 24.6 Å². The molecule has 0 aliphatic rings. The first-order valence-corrected chi connectivity index (χ1v) is 6.70. The third-order valence-corrected chi connectivity index (χ3v) is 2.93. The van der Waals surface area contributed by atoms with Crippen LogP contribution in [0.2, 0.25) is 0 Å². The number of aliphatic imine (C=N–C) groups is 1. The lowest BCUT2D eigenvalue weighted by Crippen LogP contribution is -2.22. The Bertz CT molecular complexity index is 397. The fourth-order valence-corrected chi connectivity index (χ4v) is 1.87. The quantitative estimate of drug-likeness (QED) is 0.621. The predicted octanol–water partition coefficient (Wildman–Crippen LogP) is 2.62. The van der Waals surface area contributed by atoms with Gasteiger partial charge < -0.3 is 14.7 Å². The van der Waals surface area contributed by atoms with E-state index >= 15 is 0 Å². The Hall–Kier alpha value is -0.910. The number of rotatable bonds is 7. The summed E-state index contributed by atoms with van der Waals surface area (Å²) in [4.78, 5) is 6.32. The molecule has 1 aromatic rings. The molecule has 0 saturated carbocycles. The summed E-state index contributed by atoms with van der Waals surface area (Å²) in [6.45, 7) is 4.13. The molecule has 0 aromatic heterocycles. The highest BCUT2D eigenvalue weighted by Gasteiger charge is 2.07. The Morgan fingerprint density at radius 1 is 1.50 bits per heavy atom. The van der Waals surface area contributed by atoms with Gasteiger partial charge in [-0.2, -0.15) is 0 Å². The average Bonchev–Trinajstić information content (AvgIpc) is 2.37. The fourth-order valence-electron chi connectivity index (χ4n) is 1.52. The smallest absolute Gasteiger partial charge is 0.0860 e. The molecule has 0 aliphatic heterocycles. The second-order valence-corrected chi connectivity index (χ2v) is 4.66. The van der Waals surface area contributed by atoms with E-state index in [1.165, 1.54) is 6.21 Å². The molecule has 0 amide bonds. The minimum Gasteiger partial charge on any atom is -0.391 e. The average molecular weight is 315 g/mol. The maximum atomic E-state index is 8.79. The van der Waals surface area contributed by atoms with Crippen molar-refractivity contribution in [1.29, 1.82) is 0 Å². The van der Waals surface area contributed by atoms with E-state index in [4.69, 9.17) is 9.84 Å². The predicted molar refractivity (Wildman–Crippen MR) is 79.1 cm³/mol. The maximum Gasteiger partial charge on any atom is 0.0860 e. The van der Waals surface area contributed by atoms with Gasteiger partial charge in [0, 0.05) is 30.9 Å². The molecule has 0 unspecified atom stereocenters. The van der Waals surface area contributed by atoms with Crippen molar-refractivity contribution in [2.75, 3.05) is 38.3 Å². The van der Waals surface area contributed by atoms with Crippen molar-refractivity contribution in [2.24, 2.45) is 4.99 Å². The van der Waals surface area contributed by atoms with Crippen molar-refractivity contribution in [3.8, 4) is 0 Å². The van der Waals surface area contributed by atoms with Gasteiger partial charge in [-0.15, -0.1) is 0 Å². The van der Waals surface area contributed by atoms with Crippen molar-refractivity contribution in [3.05, 3.63) is 22.7 Å². The van der Waals surface area contributed by atoms with Gasteiger partial charge in [0.1, 0.15) is 0 Å². The van der Waals surface area contributed by atoms with Crippen molar-refractivity contribution in [2.45, 2.75) is 6.92 Å². The number of aliphatic hydroxyl groups excluding tert-OH is 1. The van der Waals surface area contributed by atoms with Crippen LogP contribution in [0.3, 0.4) is 0 Å². The molecule has 0 aliphatic carbocycles. The minimum atomic E-state index is -0.0574. The fraction of sp³-hybridized carbons (Fsp3) is 0.462. The number of hydrogen-bond acceptors (Lipinski definition) is 4. The molecule has 4 nitrogen and oxygen atoms in total. The van der Waals surface area contributed by atoms with Gasteiger partial charge in [0.25, 0.3) is 0 Å². The number of hydrogen-bond donors (Lipinski definition) is 1. The van der Waals surface area contributed by atoms with Crippen LogP contribution in [0.5, 0.6) is 0 Å². The van der Waals surface area contributed by atoms with E-state index in [0.717, 1.165) is 29.0 Å². The van der Waals surface area contributed by atoms with Crippen molar-refractivity contribution in [1.82, 2.24) is 0 Å². The van der Waals surface area contributed by atoms with Crippen LogP contribution in [-0.4, -0.2) is 44.7 Å². The Labute approximate surface area is 116 Å². The molecule has 1 aromatic carbocycles. The summed E-state index contributed by atoms with van der Waals surface area (Å²) in [7, 11) is 2.00. The molecule has 0 atom stereocenters. The molecule has 0 heterocycles. The summed E-state index contributed by atoms with van der Waals surface area (Å²) < 4.78 is 6.35. The Morgan fingerprint density at radius 2 is 2.28 bits per heavy atom. The van der Waals surface area contributed by atoms with Gasteiger partial charge in [-0.1, -0.05) is 15.9 Å². The highest BCUT2D eigenvalue weighted by molar-refractivity contribution is 9.10. The van der Waals surface area contributed by atoms with Crippen LogP contribution in [0.25, 0.3) is 0 Å². The second kappa shape index (κ2) is 8.24. The highest BCUT2D eigenvalue weighted by atomic mass is 79.9. The molecule has 1 N–H and O–H groups in total. The van der Waals surface area contributed by atoms with Crippen LogP contribution in [0.4, 0.5) is 11.4 Å². The first-order chi connectivity index (χ1) is 8.69. The van der Waals surface area contributed by atoms with Gasteiger partial charge in [-0.3, -0.25) is 4.99 Å². The number of anilines is 1. The topological polar surface area (TPSA) is 45.1 Å². The molecule has 0 fully saturated rings. The zero-order valence-corrected chi connectivity index (χ0v) is 12.4. The Morgan fingerprint density at radius 3 is 2.94 bits per heavy atom. The lowest BCUT2D eigenvalue weighted by atomic mass is 10.2. The highest BCUT2D eigenvalue weighted by Crippen LogP contribution is 2.30. The molecule has 100 valence electrons. The third kappa shape index (κ3) is 4.76. The van der Waals surface area contributed by atoms with Crippen molar-refractivity contribution < 1.29 is 9.84 Å². The van der Waals surface area contributed by atoms with Crippen LogP contribution in [0, 0.1) is 0 Å². The van der Waals surface area contributed by atoms with E-state index in [2.05, 4.69) is 25.8 Å². The number of benzene rings is 1.